The van der Waals surface area contributed by atoms with E-state index in [1.165, 1.54) is 18.0 Å². The lowest BCUT2D eigenvalue weighted by Gasteiger charge is -2.31. The van der Waals surface area contributed by atoms with Gasteiger partial charge in [-0.2, -0.15) is 0 Å². The van der Waals surface area contributed by atoms with Crippen molar-refractivity contribution < 1.29 is 18.7 Å². The Morgan fingerprint density at radius 2 is 1.66 bits per heavy atom. The quantitative estimate of drug-likeness (QED) is 0.410. The summed E-state index contributed by atoms with van der Waals surface area (Å²) in [4.78, 5) is 27.4. The zero-order valence-corrected chi connectivity index (χ0v) is 19.8. The fraction of sp³-hybridized carbons (Fsp3) is 0.200. The van der Waals surface area contributed by atoms with Crippen molar-refractivity contribution >= 4 is 34.4 Å². The number of nitrogens with one attached hydrogen (secondary N) is 1. The Hall–Kier alpha value is -2.94. The summed E-state index contributed by atoms with van der Waals surface area (Å²) in [7, 11) is 1.52. The van der Waals surface area contributed by atoms with Gasteiger partial charge in [0.05, 0.1) is 0 Å². The zero-order chi connectivity index (χ0) is 22.9. The van der Waals surface area contributed by atoms with Crippen LogP contribution in [0.3, 0.4) is 0 Å². The summed E-state index contributed by atoms with van der Waals surface area (Å²) < 4.78 is 21.1. The molecule has 3 aromatic rings. The highest BCUT2D eigenvalue weighted by Crippen LogP contribution is 2.18. The number of ether oxygens (including phenoxy) is 1. The second-order valence-corrected chi connectivity index (χ2v) is 8.42. The number of carbonyl (C=O) groups is 2. The molecule has 2 amide bonds. The van der Waals surface area contributed by atoms with Gasteiger partial charge in [-0.1, -0.05) is 48.5 Å². The van der Waals surface area contributed by atoms with Crippen molar-refractivity contribution in [1.29, 1.82) is 0 Å². The highest BCUT2D eigenvalue weighted by atomic mass is 127. The third-order valence-corrected chi connectivity index (χ3v) is 5.71. The Morgan fingerprint density at radius 3 is 2.31 bits per heavy atom. The van der Waals surface area contributed by atoms with Gasteiger partial charge in [-0.25, -0.2) is 4.39 Å². The van der Waals surface area contributed by atoms with Crippen LogP contribution in [0.5, 0.6) is 5.75 Å². The van der Waals surface area contributed by atoms with Crippen molar-refractivity contribution in [2.45, 2.75) is 19.0 Å². The number of amides is 2. The van der Waals surface area contributed by atoms with Gasteiger partial charge in [-0.3, -0.25) is 9.59 Å². The number of rotatable bonds is 9. The van der Waals surface area contributed by atoms with Crippen LogP contribution in [0.1, 0.15) is 11.1 Å². The SMILES string of the molecule is CNC(=O)[C@H](Cc1ccccc1)N(Cc1ccccc1F)C(=O)COc1ccc(I)cc1. The molecule has 0 aliphatic heterocycles. The maximum atomic E-state index is 14.4. The molecular formula is C25H24FIN2O3. The van der Waals surface area contributed by atoms with E-state index < -0.39 is 17.8 Å². The predicted octanol–water partition coefficient (Wildman–Crippen LogP) is 4.20. The summed E-state index contributed by atoms with van der Waals surface area (Å²) in [5.74, 6) is -0.618. The van der Waals surface area contributed by atoms with Gasteiger partial charge in [-0.15, -0.1) is 0 Å². The Bertz CT molecular complexity index is 1040. The van der Waals surface area contributed by atoms with Crippen molar-refractivity contribution in [1.82, 2.24) is 10.2 Å². The molecule has 0 radical (unpaired) electrons. The van der Waals surface area contributed by atoms with E-state index in [-0.39, 0.29) is 19.1 Å². The summed E-state index contributed by atoms with van der Waals surface area (Å²) in [6, 6.07) is 22.1. The first kappa shape index (κ1) is 23.7. The average molecular weight is 546 g/mol. The zero-order valence-electron chi connectivity index (χ0n) is 17.6. The number of nitrogens with zero attached hydrogens (tertiary/aromatic N) is 1. The van der Waals surface area contributed by atoms with E-state index in [1.54, 1.807) is 30.3 Å². The van der Waals surface area contributed by atoms with Crippen molar-refractivity contribution in [3.8, 4) is 5.75 Å². The third-order valence-electron chi connectivity index (χ3n) is 4.99. The second-order valence-electron chi connectivity index (χ2n) is 7.18. The molecule has 0 spiro atoms. The molecule has 3 aromatic carbocycles. The lowest BCUT2D eigenvalue weighted by molar-refractivity contribution is -0.142. The third kappa shape index (κ3) is 6.53. The number of hydrogen-bond donors (Lipinski definition) is 1. The predicted molar refractivity (Wildman–Crippen MR) is 130 cm³/mol. The average Bonchev–Trinajstić information content (AvgIpc) is 2.82. The van der Waals surface area contributed by atoms with E-state index in [0.717, 1.165) is 9.13 Å². The summed E-state index contributed by atoms with van der Waals surface area (Å²) in [6.45, 7) is -0.316. The fourth-order valence-corrected chi connectivity index (χ4v) is 3.65. The molecule has 0 unspecified atom stereocenters. The molecular weight excluding hydrogens is 522 g/mol. The van der Waals surface area contributed by atoms with Gasteiger partial charge in [-0.05, 0) is 58.5 Å². The minimum Gasteiger partial charge on any atom is -0.484 e. The normalized spacial score (nSPS) is 11.5. The number of carbonyl (C=O) groups excluding carboxylic acids is 2. The fourth-order valence-electron chi connectivity index (χ4n) is 3.29. The van der Waals surface area contributed by atoms with E-state index >= 15 is 0 Å². The number of likely N-dealkylation sites (N-methyl/N-ethyl adjacent to an activating group) is 1. The Labute approximate surface area is 200 Å². The highest BCUT2D eigenvalue weighted by molar-refractivity contribution is 14.1. The van der Waals surface area contributed by atoms with Gasteiger partial charge < -0.3 is 15.0 Å². The molecule has 5 nitrogen and oxygen atoms in total. The van der Waals surface area contributed by atoms with Crippen LogP contribution in [0.4, 0.5) is 4.39 Å². The minimum absolute atomic E-state index is 0.0491. The molecule has 0 bridgehead atoms. The molecule has 166 valence electrons. The molecule has 0 fully saturated rings. The molecule has 3 rings (SSSR count). The van der Waals surface area contributed by atoms with Crippen LogP contribution in [0.25, 0.3) is 0 Å². The van der Waals surface area contributed by atoms with E-state index in [1.807, 2.05) is 42.5 Å². The van der Waals surface area contributed by atoms with E-state index in [2.05, 4.69) is 27.9 Å². The molecule has 0 aromatic heterocycles. The smallest absolute Gasteiger partial charge is 0.261 e. The molecule has 0 aliphatic carbocycles. The van der Waals surface area contributed by atoms with E-state index in [4.69, 9.17) is 4.74 Å². The largest absolute Gasteiger partial charge is 0.484 e. The van der Waals surface area contributed by atoms with Gasteiger partial charge >= 0.3 is 0 Å². The van der Waals surface area contributed by atoms with E-state index in [0.29, 0.717) is 17.7 Å². The number of benzene rings is 3. The summed E-state index contributed by atoms with van der Waals surface area (Å²) in [5.41, 5.74) is 1.23. The molecule has 0 aliphatic rings. The lowest BCUT2D eigenvalue weighted by Crippen LogP contribution is -2.51. The van der Waals surface area contributed by atoms with Gasteiger partial charge in [0.25, 0.3) is 5.91 Å². The monoisotopic (exact) mass is 546 g/mol. The molecule has 32 heavy (non-hydrogen) atoms. The molecule has 0 heterocycles. The van der Waals surface area contributed by atoms with Crippen molar-refractivity contribution in [3.05, 3.63) is 99.4 Å². The van der Waals surface area contributed by atoms with Crippen molar-refractivity contribution in [3.63, 3.8) is 0 Å². The summed E-state index contributed by atoms with van der Waals surface area (Å²) in [5, 5.41) is 2.63. The van der Waals surface area contributed by atoms with Gasteiger partial charge in [0.2, 0.25) is 5.91 Å². The molecule has 0 saturated carbocycles. The van der Waals surface area contributed by atoms with Crippen LogP contribution in [0, 0.1) is 9.39 Å². The standard InChI is InChI=1S/C25H24FIN2O3/c1-28-25(31)23(15-18-7-3-2-4-8-18)29(16-19-9-5-6-10-22(19)26)24(30)17-32-21-13-11-20(27)12-14-21/h2-14,23H,15-17H2,1H3,(H,28,31)/t23-/m0/s1. The van der Waals surface area contributed by atoms with Crippen LogP contribution in [-0.4, -0.2) is 36.4 Å². The summed E-state index contributed by atoms with van der Waals surface area (Å²) >= 11 is 2.18. The molecule has 1 N–H and O–H groups in total. The van der Waals surface area contributed by atoms with Crippen LogP contribution in [-0.2, 0) is 22.6 Å². The maximum Gasteiger partial charge on any atom is 0.261 e. The van der Waals surface area contributed by atoms with Crippen molar-refractivity contribution in [2.75, 3.05) is 13.7 Å². The van der Waals surface area contributed by atoms with Gasteiger partial charge in [0.1, 0.15) is 17.6 Å². The van der Waals surface area contributed by atoms with Crippen LogP contribution >= 0.6 is 22.6 Å². The lowest BCUT2D eigenvalue weighted by atomic mass is 10.0. The molecule has 1 atom stereocenters. The van der Waals surface area contributed by atoms with Gasteiger partial charge in [0.15, 0.2) is 6.61 Å². The number of hydrogen-bond acceptors (Lipinski definition) is 3. The Balaban J connectivity index is 1.87. The van der Waals surface area contributed by atoms with E-state index in [9.17, 15) is 14.0 Å². The first-order valence-electron chi connectivity index (χ1n) is 10.1. The first-order valence-corrected chi connectivity index (χ1v) is 11.2. The minimum atomic E-state index is -0.824. The van der Waals surface area contributed by atoms with Crippen LogP contribution < -0.4 is 10.1 Å². The first-order chi connectivity index (χ1) is 15.5. The molecule has 7 heteroatoms. The molecule has 0 saturated heterocycles. The Kier molecular flexibility index (Phi) is 8.61. The van der Waals surface area contributed by atoms with Gasteiger partial charge in [0, 0.05) is 29.1 Å². The second kappa shape index (κ2) is 11.6. The highest BCUT2D eigenvalue weighted by Gasteiger charge is 2.30. The van der Waals surface area contributed by atoms with Crippen LogP contribution in [0.2, 0.25) is 0 Å². The maximum absolute atomic E-state index is 14.4. The Morgan fingerprint density at radius 1 is 1.00 bits per heavy atom. The topological polar surface area (TPSA) is 58.6 Å². The summed E-state index contributed by atoms with van der Waals surface area (Å²) in [6.07, 6.45) is 0.296. The van der Waals surface area contributed by atoms with Crippen LogP contribution in [0.15, 0.2) is 78.9 Å². The number of halogens is 2. The van der Waals surface area contributed by atoms with Crippen molar-refractivity contribution in [2.24, 2.45) is 0 Å².